The summed E-state index contributed by atoms with van der Waals surface area (Å²) in [7, 11) is 0. The number of nitrogens with two attached hydrogens (primary N) is 2. The summed E-state index contributed by atoms with van der Waals surface area (Å²) in [4.78, 5) is 17.6. The van der Waals surface area contributed by atoms with E-state index in [2.05, 4.69) is 16.8 Å². The SMILES string of the molecule is C1CN1.NC(=O)O.NC(=O)O. The Balaban J connectivity index is 0. The average Bonchev–Trinajstić information content (AvgIpc) is 2.36. The van der Waals surface area contributed by atoms with Gasteiger partial charge in [0, 0.05) is 13.1 Å². The van der Waals surface area contributed by atoms with Crippen molar-refractivity contribution in [1.82, 2.24) is 5.32 Å². The van der Waals surface area contributed by atoms with Crippen molar-refractivity contribution in [3.8, 4) is 0 Å². The Labute approximate surface area is 63.0 Å². The summed E-state index contributed by atoms with van der Waals surface area (Å²) in [5.74, 6) is 0. The third kappa shape index (κ3) is 1440. The van der Waals surface area contributed by atoms with Crippen molar-refractivity contribution in [3.05, 3.63) is 0 Å². The van der Waals surface area contributed by atoms with Crippen LogP contribution in [0.1, 0.15) is 0 Å². The molecule has 1 aliphatic rings. The highest BCUT2D eigenvalue weighted by Crippen LogP contribution is 1.65. The van der Waals surface area contributed by atoms with Crippen LogP contribution < -0.4 is 16.8 Å². The maximum atomic E-state index is 8.78. The molecule has 0 radical (unpaired) electrons. The first-order valence-electron chi connectivity index (χ1n) is 2.64. The molecule has 0 atom stereocenters. The fraction of sp³-hybridized carbons (Fsp3) is 0.500. The summed E-state index contributed by atoms with van der Waals surface area (Å²) in [6.45, 7) is 2.50. The number of carboxylic acid groups (broad SMARTS) is 2. The highest BCUT2D eigenvalue weighted by molar-refractivity contribution is 5.61. The largest absolute Gasteiger partial charge is 0.465 e. The Morgan fingerprint density at radius 3 is 1.18 bits per heavy atom. The maximum absolute atomic E-state index is 8.78. The van der Waals surface area contributed by atoms with Crippen LogP contribution in [-0.4, -0.2) is 35.5 Å². The number of rotatable bonds is 0. The number of hydrogen-bond donors (Lipinski definition) is 5. The van der Waals surface area contributed by atoms with E-state index >= 15 is 0 Å². The first-order valence-corrected chi connectivity index (χ1v) is 2.64. The second-order valence-corrected chi connectivity index (χ2v) is 1.43. The van der Waals surface area contributed by atoms with Gasteiger partial charge < -0.3 is 27.0 Å². The van der Waals surface area contributed by atoms with Crippen molar-refractivity contribution in [1.29, 1.82) is 0 Å². The summed E-state index contributed by atoms with van der Waals surface area (Å²) in [5, 5.41) is 17.4. The van der Waals surface area contributed by atoms with Gasteiger partial charge in [-0.25, -0.2) is 9.59 Å². The lowest BCUT2D eigenvalue weighted by Crippen LogP contribution is -2.03. The van der Waals surface area contributed by atoms with Crippen LogP contribution in [0.4, 0.5) is 9.59 Å². The molecule has 7 heteroatoms. The van der Waals surface area contributed by atoms with Crippen LogP contribution in [0, 0.1) is 0 Å². The third-order valence-corrected chi connectivity index (χ3v) is 0.250. The van der Waals surface area contributed by atoms with Gasteiger partial charge in [-0.05, 0) is 0 Å². The van der Waals surface area contributed by atoms with Crippen LogP contribution in [0.25, 0.3) is 0 Å². The number of amides is 2. The lowest BCUT2D eigenvalue weighted by Gasteiger charge is -1.61. The van der Waals surface area contributed by atoms with E-state index in [0.29, 0.717) is 0 Å². The Bertz CT molecular complexity index is 102. The van der Waals surface area contributed by atoms with Crippen LogP contribution in [-0.2, 0) is 0 Å². The zero-order chi connectivity index (χ0) is 9.28. The van der Waals surface area contributed by atoms with Crippen molar-refractivity contribution >= 4 is 12.2 Å². The van der Waals surface area contributed by atoms with E-state index in [-0.39, 0.29) is 0 Å². The van der Waals surface area contributed by atoms with Gasteiger partial charge >= 0.3 is 12.2 Å². The maximum Gasteiger partial charge on any atom is 0.402 e. The van der Waals surface area contributed by atoms with Crippen LogP contribution in [0.5, 0.6) is 0 Å². The molecule has 1 rings (SSSR count). The molecule has 0 bridgehead atoms. The minimum atomic E-state index is -1.33. The van der Waals surface area contributed by atoms with Crippen molar-refractivity contribution in [2.75, 3.05) is 13.1 Å². The molecule has 1 heterocycles. The van der Waals surface area contributed by atoms with Gasteiger partial charge in [0.1, 0.15) is 0 Å². The van der Waals surface area contributed by atoms with Gasteiger partial charge in [-0.15, -0.1) is 0 Å². The van der Waals surface area contributed by atoms with E-state index in [1.165, 1.54) is 13.1 Å². The highest BCUT2D eigenvalue weighted by atomic mass is 16.4. The molecule has 7 N–H and O–H groups in total. The molecule has 0 spiro atoms. The molecule has 0 aromatic heterocycles. The minimum Gasteiger partial charge on any atom is -0.465 e. The van der Waals surface area contributed by atoms with E-state index in [1.807, 2.05) is 0 Å². The van der Waals surface area contributed by atoms with Crippen LogP contribution >= 0.6 is 0 Å². The zero-order valence-corrected chi connectivity index (χ0v) is 5.78. The molecule has 1 aliphatic heterocycles. The van der Waals surface area contributed by atoms with E-state index in [0.717, 1.165) is 0 Å². The number of carbonyl (C=O) groups is 2. The Hall–Kier alpha value is -1.50. The molecule has 1 fully saturated rings. The van der Waals surface area contributed by atoms with Crippen molar-refractivity contribution in [2.24, 2.45) is 11.5 Å². The van der Waals surface area contributed by atoms with E-state index in [9.17, 15) is 0 Å². The lowest BCUT2D eigenvalue weighted by atomic mass is 11.0. The van der Waals surface area contributed by atoms with Crippen LogP contribution in [0.3, 0.4) is 0 Å². The first kappa shape index (κ1) is 12.2. The van der Waals surface area contributed by atoms with Crippen molar-refractivity contribution in [2.45, 2.75) is 0 Å². The topological polar surface area (TPSA) is 149 Å². The summed E-state index contributed by atoms with van der Waals surface area (Å²) < 4.78 is 0. The fourth-order valence-electron chi connectivity index (χ4n) is 0. The van der Waals surface area contributed by atoms with Crippen molar-refractivity contribution < 1.29 is 19.8 Å². The summed E-state index contributed by atoms with van der Waals surface area (Å²) >= 11 is 0. The monoisotopic (exact) mass is 165 g/mol. The number of nitrogens with one attached hydrogen (secondary N) is 1. The van der Waals surface area contributed by atoms with Gasteiger partial charge in [-0.2, -0.15) is 0 Å². The molecule has 2 amide bonds. The average molecular weight is 165 g/mol. The normalized spacial score (nSPS) is 10.9. The van der Waals surface area contributed by atoms with Gasteiger partial charge in [0.2, 0.25) is 0 Å². The van der Waals surface area contributed by atoms with Crippen LogP contribution in [0.15, 0.2) is 0 Å². The van der Waals surface area contributed by atoms with Crippen molar-refractivity contribution in [3.63, 3.8) is 0 Å². The molecule has 1 saturated heterocycles. The van der Waals surface area contributed by atoms with E-state index in [4.69, 9.17) is 19.8 Å². The standard InChI is InChI=1S/C2H5N.2CH3NO2/c1-2-3-1;2*2-1(3)4/h3H,1-2H2;2*2H2,(H,3,4). The Morgan fingerprint density at radius 2 is 1.18 bits per heavy atom. The van der Waals surface area contributed by atoms with Crippen LogP contribution in [0.2, 0.25) is 0 Å². The van der Waals surface area contributed by atoms with E-state index < -0.39 is 12.2 Å². The van der Waals surface area contributed by atoms with E-state index in [1.54, 1.807) is 0 Å². The minimum absolute atomic E-state index is 1.25. The van der Waals surface area contributed by atoms with Gasteiger partial charge in [0.05, 0.1) is 0 Å². The molecule has 0 saturated carbocycles. The second-order valence-electron chi connectivity index (χ2n) is 1.43. The lowest BCUT2D eigenvalue weighted by molar-refractivity contribution is 0.204. The number of hydrogen-bond acceptors (Lipinski definition) is 3. The zero-order valence-electron chi connectivity index (χ0n) is 5.78. The molecule has 66 valence electrons. The molecule has 0 unspecified atom stereocenters. The predicted molar refractivity (Wildman–Crippen MR) is 37.3 cm³/mol. The van der Waals surface area contributed by atoms with Gasteiger partial charge in [-0.1, -0.05) is 0 Å². The molecule has 11 heavy (non-hydrogen) atoms. The summed E-state index contributed by atoms with van der Waals surface area (Å²) in [5.41, 5.74) is 8.06. The smallest absolute Gasteiger partial charge is 0.402 e. The number of primary amides is 2. The summed E-state index contributed by atoms with van der Waals surface area (Å²) in [6.07, 6.45) is -2.67. The fourth-order valence-corrected chi connectivity index (χ4v) is 0. The predicted octanol–water partition coefficient (Wildman–Crippen LogP) is -1.16. The molecular formula is C4H11N3O4. The molecule has 0 aliphatic carbocycles. The third-order valence-electron chi connectivity index (χ3n) is 0.250. The quantitative estimate of drug-likeness (QED) is 0.287. The highest BCUT2D eigenvalue weighted by Gasteiger charge is 1.91. The second kappa shape index (κ2) is 8.50. The first-order chi connectivity index (χ1) is 4.96. The summed E-state index contributed by atoms with van der Waals surface area (Å²) in [6, 6.07) is 0. The Kier molecular flexibility index (Phi) is 9.43. The van der Waals surface area contributed by atoms with Gasteiger partial charge in [0.15, 0.2) is 0 Å². The molecule has 7 nitrogen and oxygen atoms in total. The molecule has 0 aromatic carbocycles. The Morgan fingerprint density at radius 1 is 1.09 bits per heavy atom. The van der Waals surface area contributed by atoms with Gasteiger partial charge in [-0.3, -0.25) is 0 Å². The molecule has 0 aromatic rings. The van der Waals surface area contributed by atoms with Gasteiger partial charge in [0.25, 0.3) is 0 Å². The molecular weight excluding hydrogens is 154 g/mol.